The highest BCUT2D eigenvalue weighted by atomic mass is 19.4. The first-order valence-corrected chi connectivity index (χ1v) is 9.38. The second kappa shape index (κ2) is 8.68. The van der Waals surface area contributed by atoms with Crippen LogP contribution in [0.2, 0.25) is 0 Å². The predicted molar refractivity (Wildman–Crippen MR) is 103 cm³/mol. The van der Waals surface area contributed by atoms with Crippen molar-refractivity contribution >= 4 is 22.7 Å². The molecule has 0 aliphatic carbocycles. The van der Waals surface area contributed by atoms with Gasteiger partial charge >= 0.3 is 12.4 Å². The van der Waals surface area contributed by atoms with Gasteiger partial charge in [0.2, 0.25) is 5.91 Å². The van der Waals surface area contributed by atoms with Gasteiger partial charge in [-0.25, -0.2) is 0 Å². The number of halogens is 6. The van der Waals surface area contributed by atoms with Crippen LogP contribution in [-0.4, -0.2) is 17.9 Å². The lowest BCUT2D eigenvalue weighted by molar-refractivity contribution is -0.150. The van der Waals surface area contributed by atoms with Crippen LogP contribution in [0.1, 0.15) is 46.5 Å². The number of ketones is 1. The van der Waals surface area contributed by atoms with Crippen molar-refractivity contribution in [1.29, 1.82) is 0 Å². The third kappa shape index (κ3) is 5.49. The normalized spacial score (nSPS) is 13.2. The van der Waals surface area contributed by atoms with Gasteiger partial charge in [-0.15, -0.1) is 0 Å². The largest absolute Gasteiger partial charge is 0.453 e. The summed E-state index contributed by atoms with van der Waals surface area (Å²) in [4.78, 5) is 23.6. The summed E-state index contributed by atoms with van der Waals surface area (Å²) in [7, 11) is 0. The van der Waals surface area contributed by atoms with Crippen LogP contribution >= 0.6 is 0 Å². The molecule has 1 unspecified atom stereocenters. The number of Topliss-reactive ketones (excluding diaryl/α,β-unsaturated/α-hetero) is 1. The van der Waals surface area contributed by atoms with Crippen molar-refractivity contribution in [1.82, 2.24) is 5.32 Å². The summed E-state index contributed by atoms with van der Waals surface area (Å²) >= 11 is 0. The summed E-state index contributed by atoms with van der Waals surface area (Å²) in [5, 5.41) is 3.03. The molecule has 170 valence electrons. The Kier molecular flexibility index (Phi) is 6.34. The molecule has 0 fully saturated rings. The Morgan fingerprint density at radius 2 is 1.72 bits per heavy atom. The molecule has 1 N–H and O–H groups in total. The zero-order chi connectivity index (χ0) is 23.7. The third-order valence-corrected chi connectivity index (χ3v) is 4.80. The lowest BCUT2D eigenvalue weighted by Crippen LogP contribution is -2.24. The quantitative estimate of drug-likeness (QED) is 0.365. The SMILES string of the molecule is CC(=O)NCc1ccc2oc(C(=O)CC(c3cccc(C(F)(F)F)c3)C(F)(F)F)cc2c1. The summed E-state index contributed by atoms with van der Waals surface area (Å²) in [6.07, 6.45) is -10.9. The van der Waals surface area contributed by atoms with Gasteiger partial charge in [-0.2, -0.15) is 26.3 Å². The van der Waals surface area contributed by atoms with Gasteiger partial charge in [-0.3, -0.25) is 9.59 Å². The highest BCUT2D eigenvalue weighted by molar-refractivity contribution is 5.98. The molecule has 1 atom stereocenters. The lowest BCUT2D eigenvalue weighted by atomic mass is 9.91. The van der Waals surface area contributed by atoms with Gasteiger partial charge in [-0.1, -0.05) is 24.3 Å². The molecule has 1 amide bonds. The van der Waals surface area contributed by atoms with Crippen LogP contribution in [0.25, 0.3) is 11.0 Å². The summed E-state index contributed by atoms with van der Waals surface area (Å²) in [5.74, 6) is -4.01. The molecule has 32 heavy (non-hydrogen) atoms. The van der Waals surface area contributed by atoms with Crippen molar-refractivity contribution in [2.75, 3.05) is 0 Å². The van der Waals surface area contributed by atoms with Gasteiger partial charge in [0.1, 0.15) is 5.58 Å². The number of furan rings is 1. The predicted octanol–water partition coefficient (Wildman–Crippen LogP) is 6.01. The zero-order valence-corrected chi connectivity index (χ0v) is 16.6. The number of fused-ring (bicyclic) bond motifs is 1. The number of alkyl halides is 6. The fraction of sp³-hybridized carbons (Fsp3) is 0.273. The van der Waals surface area contributed by atoms with Crippen LogP contribution in [-0.2, 0) is 17.5 Å². The van der Waals surface area contributed by atoms with Crippen LogP contribution in [0.4, 0.5) is 26.3 Å². The van der Waals surface area contributed by atoms with Gasteiger partial charge in [0.05, 0.1) is 11.5 Å². The van der Waals surface area contributed by atoms with Gasteiger partial charge in [0, 0.05) is 25.3 Å². The average molecular weight is 457 g/mol. The Balaban J connectivity index is 1.87. The minimum Gasteiger partial charge on any atom is -0.453 e. The van der Waals surface area contributed by atoms with Crippen molar-refractivity contribution in [3.05, 3.63) is 71.0 Å². The van der Waals surface area contributed by atoms with Crippen LogP contribution in [0.3, 0.4) is 0 Å². The van der Waals surface area contributed by atoms with Crippen molar-refractivity contribution in [3.63, 3.8) is 0 Å². The molecule has 2 aromatic carbocycles. The van der Waals surface area contributed by atoms with E-state index in [2.05, 4.69) is 5.32 Å². The van der Waals surface area contributed by atoms with E-state index < -0.39 is 41.6 Å². The number of carbonyl (C=O) groups excluding carboxylic acids is 2. The maximum Gasteiger partial charge on any atom is 0.416 e. The molecule has 3 aromatic rings. The second-order valence-corrected chi connectivity index (χ2v) is 7.24. The number of hydrogen-bond acceptors (Lipinski definition) is 3. The van der Waals surface area contributed by atoms with E-state index in [0.29, 0.717) is 23.1 Å². The molecule has 1 aromatic heterocycles. The zero-order valence-electron chi connectivity index (χ0n) is 16.6. The van der Waals surface area contributed by atoms with Crippen LogP contribution in [0, 0.1) is 0 Å². The molecule has 0 spiro atoms. The molecule has 3 rings (SSSR count). The summed E-state index contributed by atoms with van der Waals surface area (Å²) in [5.41, 5.74) is -0.950. The highest BCUT2D eigenvalue weighted by Gasteiger charge is 2.43. The molecule has 4 nitrogen and oxygen atoms in total. The van der Waals surface area contributed by atoms with E-state index in [-0.39, 0.29) is 23.8 Å². The number of benzene rings is 2. The van der Waals surface area contributed by atoms with E-state index in [1.807, 2.05) is 0 Å². The number of hydrogen-bond donors (Lipinski definition) is 1. The smallest absolute Gasteiger partial charge is 0.416 e. The van der Waals surface area contributed by atoms with E-state index in [9.17, 15) is 35.9 Å². The Labute approximate surface area is 178 Å². The Morgan fingerprint density at radius 1 is 1.00 bits per heavy atom. The average Bonchev–Trinajstić information content (AvgIpc) is 3.12. The van der Waals surface area contributed by atoms with E-state index in [0.717, 1.165) is 12.1 Å². The van der Waals surface area contributed by atoms with E-state index in [4.69, 9.17) is 4.42 Å². The first-order valence-electron chi connectivity index (χ1n) is 9.38. The number of nitrogens with one attached hydrogen (secondary N) is 1. The van der Waals surface area contributed by atoms with Crippen molar-refractivity contribution in [3.8, 4) is 0 Å². The number of amides is 1. The molecular formula is C22H17F6NO3. The fourth-order valence-corrected chi connectivity index (χ4v) is 3.21. The molecule has 0 bridgehead atoms. The Morgan fingerprint density at radius 3 is 2.34 bits per heavy atom. The van der Waals surface area contributed by atoms with Crippen LogP contribution in [0.5, 0.6) is 0 Å². The number of rotatable bonds is 6. The molecule has 0 aliphatic heterocycles. The summed E-state index contributed by atoms with van der Waals surface area (Å²) < 4.78 is 85.0. The topological polar surface area (TPSA) is 59.3 Å². The summed E-state index contributed by atoms with van der Waals surface area (Å²) in [6.45, 7) is 1.56. The van der Waals surface area contributed by atoms with Crippen LogP contribution in [0.15, 0.2) is 52.9 Å². The molecule has 10 heteroatoms. The fourth-order valence-electron chi connectivity index (χ4n) is 3.21. The standard InChI is InChI=1S/C22H17F6NO3/c1-12(30)29-11-13-5-6-19-15(7-13)9-20(32-19)18(31)10-17(22(26,27)28)14-3-2-4-16(8-14)21(23,24)25/h2-9,17H,10-11H2,1H3,(H,29,30). The number of carbonyl (C=O) groups is 2. The molecule has 0 saturated heterocycles. The first kappa shape index (κ1) is 23.4. The van der Waals surface area contributed by atoms with Gasteiger partial charge in [0.15, 0.2) is 11.5 Å². The molecule has 0 aliphatic rings. The van der Waals surface area contributed by atoms with Crippen molar-refractivity contribution in [2.24, 2.45) is 0 Å². The molecule has 0 radical (unpaired) electrons. The molecular weight excluding hydrogens is 440 g/mol. The van der Waals surface area contributed by atoms with E-state index >= 15 is 0 Å². The van der Waals surface area contributed by atoms with Crippen LogP contribution < -0.4 is 5.32 Å². The minimum absolute atomic E-state index is 0.214. The maximum absolute atomic E-state index is 13.6. The summed E-state index contributed by atoms with van der Waals surface area (Å²) in [6, 6.07) is 8.87. The monoisotopic (exact) mass is 457 g/mol. The maximum atomic E-state index is 13.6. The van der Waals surface area contributed by atoms with Crippen molar-refractivity contribution in [2.45, 2.75) is 38.2 Å². The first-order chi connectivity index (χ1) is 14.8. The molecule has 1 heterocycles. The molecule has 0 saturated carbocycles. The van der Waals surface area contributed by atoms with Gasteiger partial charge in [0.25, 0.3) is 0 Å². The second-order valence-electron chi connectivity index (χ2n) is 7.24. The van der Waals surface area contributed by atoms with Gasteiger partial charge < -0.3 is 9.73 Å². The van der Waals surface area contributed by atoms with Gasteiger partial charge in [-0.05, 0) is 35.4 Å². The van der Waals surface area contributed by atoms with E-state index in [1.165, 1.54) is 19.1 Å². The third-order valence-electron chi connectivity index (χ3n) is 4.80. The van der Waals surface area contributed by atoms with E-state index in [1.54, 1.807) is 12.1 Å². The minimum atomic E-state index is -4.95. The highest BCUT2D eigenvalue weighted by Crippen LogP contribution is 2.40. The van der Waals surface area contributed by atoms with Crippen molar-refractivity contribution < 1.29 is 40.3 Å². The Hall–Kier alpha value is -3.30. The lowest BCUT2D eigenvalue weighted by Gasteiger charge is -2.20. The Bertz CT molecular complexity index is 1150.